The summed E-state index contributed by atoms with van der Waals surface area (Å²) >= 11 is 0. The first kappa shape index (κ1) is 27.8. The molecule has 2 saturated carbocycles. The molecule has 0 unspecified atom stereocenters. The smallest absolute Gasteiger partial charge is 0.0412 e. The van der Waals surface area contributed by atoms with Gasteiger partial charge in [0, 0.05) is 0 Å². The molecular weight excluding hydrogens is 276 g/mol. The van der Waals surface area contributed by atoms with Crippen molar-refractivity contribution in [1.29, 1.82) is 0 Å². The standard InChI is InChI=1S/2C10H20.3CH4/c2*1-9(2)8-10-6-4-3-5-7-10;;;/h2*9-10H,3-8H2,1-2H3;3*1H4. The minimum atomic E-state index is 0. The SMILES string of the molecule is C.C.C.CC(C)CC1CCCCC1.CC(C)CC1CCCCC1. The van der Waals surface area contributed by atoms with E-state index >= 15 is 0 Å². The van der Waals surface area contributed by atoms with Crippen molar-refractivity contribution in [2.75, 3.05) is 0 Å². The van der Waals surface area contributed by atoms with Gasteiger partial charge >= 0.3 is 0 Å². The van der Waals surface area contributed by atoms with E-state index in [0.717, 1.165) is 23.7 Å². The molecule has 0 radical (unpaired) electrons. The maximum Gasteiger partial charge on any atom is -0.0412 e. The number of rotatable bonds is 4. The van der Waals surface area contributed by atoms with Crippen LogP contribution in [-0.4, -0.2) is 0 Å². The fourth-order valence-corrected chi connectivity index (χ4v) is 4.18. The zero-order valence-corrected chi connectivity index (χ0v) is 14.8. The van der Waals surface area contributed by atoms with Gasteiger partial charge in [-0.05, 0) is 36.5 Å². The molecule has 0 N–H and O–H groups in total. The summed E-state index contributed by atoms with van der Waals surface area (Å²) in [5.41, 5.74) is 0. The maximum atomic E-state index is 2.34. The largest absolute Gasteiger partial charge is 0.0776 e. The van der Waals surface area contributed by atoms with Gasteiger partial charge in [0.05, 0.1) is 0 Å². The van der Waals surface area contributed by atoms with E-state index in [1.165, 1.54) is 77.0 Å². The Bertz CT molecular complexity index is 180. The van der Waals surface area contributed by atoms with E-state index in [4.69, 9.17) is 0 Å². The van der Waals surface area contributed by atoms with Gasteiger partial charge in [0.2, 0.25) is 0 Å². The second kappa shape index (κ2) is 16.8. The topological polar surface area (TPSA) is 0 Å². The number of hydrogen-bond donors (Lipinski definition) is 0. The zero-order chi connectivity index (χ0) is 14.8. The summed E-state index contributed by atoms with van der Waals surface area (Å²) in [6, 6.07) is 0. The Morgan fingerprint density at radius 2 is 0.783 bits per heavy atom. The van der Waals surface area contributed by atoms with Crippen LogP contribution < -0.4 is 0 Å². The maximum absolute atomic E-state index is 2.34. The van der Waals surface area contributed by atoms with Gasteiger partial charge in [0.1, 0.15) is 0 Å². The molecule has 0 heteroatoms. The highest BCUT2D eigenvalue weighted by atomic mass is 14.2. The minimum absolute atomic E-state index is 0. The van der Waals surface area contributed by atoms with Crippen LogP contribution in [0.15, 0.2) is 0 Å². The molecule has 2 rings (SSSR count). The Kier molecular flexibility index (Phi) is 20.4. The molecule has 0 aromatic rings. The summed E-state index contributed by atoms with van der Waals surface area (Å²) in [5.74, 6) is 3.99. The van der Waals surface area contributed by atoms with Crippen molar-refractivity contribution in [2.24, 2.45) is 23.7 Å². The van der Waals surface area contributed by atoms with Gasteiger partial charge in [0.25, 0.3) is 0 Å². The molecule has 0 saturated heterocycles. The molecular formula is C23H52. The lowest BCUT2D eigenvalue weighted by Crippen LogP contribution is -2.08. The van der Waals surface area contributed by atoms with Gasteiger partial charge in [-0.2, -0.15) is 0 Å². The zero-order valence-electron chi connectivity index (χ0n) is 14.8. The third-order valence-electron chi connectivity index (χ3n) is 5.06. The van der Waals surface area contributed by atoms with Gasteiger partial charge in [0.15, 0.2) is 0 Å². The fraction of sp³-hybridized carbons (Fsp3) is 1.00. The summed E-state index contributed by atoms with van der Waals surface area (Å²) < 4.78 is 0. The molecule has 2 fully saturated rings. The molecule has 2 aliphatic rings. The van der Waals surface area contributed by atoms with E-state index in [1.807, 2.05) is 0 Å². The van der Waals surface area contributed by atoms with Crippen LogP contribution in [0, 0.1) is 23.7 Å². The second-order valence-corrected chi connectivity index (χ2v) is 8.27. The van der Waals surface area contributed by atoms with Gasteiger partial charge in [-0.1, -0.05) is 114 Å². The Morgan fingerprint density at radius 3 is 1.00 bits per heavy atom. The van der Waals surface area contributed by atoms with Crippen LogP contribution >= 0.6 is 0 Å². The first-order chi connectivity index (χ1) is 9.58. The van der Waals surface area contributed by atoms with Crippen molar-refractivity contribution in [1.82, 2.24) is 0 Å². The minimum Gasteiger partial charge on any atom is -0.0776 e. The lowest BCUT2D eigenvalue weighted by atomic mass is 9.84. The summed E-state index contributed by atoms with van der Waals surface area (Å²) in [6.45, 7) is 9.37. The van der Waals surface area contributed by atoms with Crippen LogP contribution in [0.25, 0.3) is 0 Å². The quantitative estimate of drug-likeness (QED) is 0.482. The van der Waals surface area contributed by atoms with E-state index in [-0.39, 0.29) is 22.3 Å². The van der Waals surface area contributed by atoms with E-state index in [9.17, 15) is 0 Å². The number of hydrogen-bond acceptors (Lipinski definition) is 0. The Balaban J connectivity index is -0.000000308. The highest BCUT2D eigenvalue weighted by Gasteiger charge is 2.14. The highest BCUT2D eigenvalue weighted by Crippen LogP contribution is 2.29. The molecule has 0 aromatic carbocycles. The monoisotopic (exact) mass is 328 g/mol. The van der Waals surface area contributed by atoms with Gasteiger partial charge in [-0.15, -0.1) is 0 Å². The summed E-state index contributed by atoms with van der Waals surface area (Å²) in [4.78, 5) is 0. The normalized spacial score (nSPS) is 19.0. The third kappa shape index (κ3) is 15.3. The van der Waals surface area contributed by atoms with Gasteiger partial charge in [-0.3, -0.25) is 0 Å². The van der Waals surface area contributed by atoms with Crippen molar-refractivity contribution in [3.05, 3.63) is 0 Å². The lowest BCUT2D eigenvalue weighted by molar-refractivity contribution is 0.305. The van der Waals surface area contributed by atoms with E-state index in [2.05, 4.69) is 27.7 Å². The molecule has 0 spiro atoms. The van der Waals surface area contributed by atoms with Crippen molar-refractivity contribution < 1.29 is 0 Å². The Morgan fingerprint density at radius 1 is 0.522 bits per heavy atom. The van der Waals surface area contributed by atoms with Crippen molar-refractivity contribution >= 4 is 0 Å². The molecule has 23 heavy (non-hydrogen) atoms. The Labute approximate surface area is 151 Å². The molecule has 0 nitrogen and oxygen atoms in total. The van der Waals surface area contributed by atoms with E-state index in [0.29, 0.717) is 0 Å². The second-order valence-electron chi connectivity index (χ2n) is 8.27. The van der Waals surface area contributed by atoms with Crippen LogP contribution in [0.5, 0.6) is 0 Å². The summed E-state index contributed by atoms with van der Waals surface area (Å²) in [7, 11) is 0. The van der Waals surface area contributed by atoms with E-state index in [1.54, 1.807) is 0 Å². The predicted octanol–water partition coefficient (Wildman–Crippen LogP) is 9.13. The molecule has 0 aliphatic heterocycles. The van der Waals surface area contributed by atoms with Crippen molar-refractivity contribution in [2.45, 2.75) is 127 Å². The van der Waals surface area contributed by atoms with Crippen LogP contribution in [-0.2, 0) is 0 Å². The first-order valence-electron chi connectivity index (χ1n) is 9.58. The lowest BCUT2D eigenvalue weighted by Gasteiger charge is -2.22. The predicted molar refractivity (Wildman–Crippen MR) is 112 cm³/mol. The average molecular weight is 329 g/mol. The van der Waals surface area contributed by atoms with E-state index < -0.39 is 0 Å². The van der Waals surface area contributed by atoms with Gasteiger partial charge < -0.3 is 0 Å². The van der Waals surface area contributed by atoms with Crippen LogP contribution in [0.2, 0.25) is 0 Å². The molecule has 0 heterocycles. The van der Waals surface area contributed by atoms with Gasteiger partial charge in [-0.25, -0.2) is 0 Å². The Hall–Kier alpha value is 0. The highest BCUT2D eigenvalue weighted by molar-refractivity contribution is 4.67. The molecule has 0 aromatic heterocycles. The average Bonchev–Trinajstić information content (AvgIpc) is 2.40. The summed E-state index contributed by atoms with van der Waals surface area (Å²) in [5, 5.41) is 0. The van der Waals surface area contributed by atoms with Crippen molar-refractivity contribution in [3.63, 3.8) is 0 Å². The first-order valence-corrected chi connectivity index (χ1v) is 9.58. The molecule has 0 bridgehead atoms. The molecule has 0 atom stereocenters. The van der Waals surface area contributed by atoms with Crippen LogP contribution in [0.4, 0.5) is 0 Å². The van der Waals surface area contributed by atoms with Crippen LogP contribution in [0.3, 0.4) is 0 Å². The van der Waals surface area contributed by atoms with Crippen LogP contribution in [0.1, 0.15) is 127 Å². The summed E-state index contributed by atoms with van der Waals surface area (Å²) in [6.07, 6.45) is 18.0. The third-order valence-corrected chi connectivity index (χ3v) is 5.06. The fourth-order valence-electron chi connectivity index (χ4n) is 4.18. The molecule has 144 valence electrons. The molecule has 0 amide bonds. The van der Waals surface area contributed by atoms with Crippen molar-refractivity contribution in [3.8, 4) is 0 Å². The molecule has 2 aliphatic carbocycles.